The molecule has 128 valence electrons. The fourth-order valence-electron chi connectivity index (χ4n) is 3.19. The van der Waals surface area contributed by atoms with Crippen LogP contribution in [0.1, 0.15) is 0 Å². The van der Waals surface area contributed by atoms with Gasteiger partial charge in [0.2, 0.25) is 5.95 Å². The summed E-state index contributed by atoms with van der Waals surface area (Å²) in [5, 5.41) is 4.32. The fourth-order valence-corrected chi connectivity index (χ4v) is 3.19. The summed E-state index contributed by atoms with van der Waals surface area (Å²) in [6.45, 7) is 6.77. The lowest BCUT2D eigenvalue weighted by Crippen LogP contribution is -2.44. The smallest absolute Gasteiger partial charge is 0.228 e. The van der Waals surface area contributed by atoms with Gasteiger partial charge in [-0.05, 0) is 0 Å². The number of ether oxygens (including phenoxy) is 2. The average molecular weight is 330 g/mol. The van der Waals surface area contributed by atoms with Gasteiger partial charge in [0, 0.05) is 39.3 Å². The molecular weight excluding hydrogens is 308 g/mol. The molecule has 0 spiro atoms. The number of piperazine rings is 1. The predicted octanol–water partition coefficient (Wildman–Crippen LogP) is 0.280. The molecule has 0 aromatic carbocycles. The Balaban J connectivity index is 1.84. The second kappa shape index (κ2) is 6.74. The summed E-state index contributed by atoms with van der Waals surface area (Å²) >= 11 is 0. The van der Waals surface area contributed by atoms with Crippen molar-refractivity contribution in [3.05, 3.63) is 12.4 Å². The quantitative estimate of drug-likeness (QED) is 0.860. The first-order chi connectivity index (χ1) is 11.9. The Bertz CT molecular complexity index is 713. The van der Waals surface area contributed by atoms with Crippen LogP contribution in [0.2, 0.25) is 0 Å². The highest BCUT2D eigenvalue weighted by Crippen LogP contribution is 2.33. The maximum atomic E-state index is 5.53. The number of methoxy groups -OCH3 is 1. The van der Waals surface area contributed by atoms with E-state index in [0.29, 0.717) is 13.2 Å². The lowest BCUT2D eigenvalue weighted by Gasteiger charge is -2.32. The molecule has 4 heterocycles. The Morgan fingerprint density at radius 1 is 1.04 bits per heavy atom. The number of pyridine rings is 1. The number of hydrogen-bond donors (Lipinski definition) is 1. The molecule has 2 aliphatic rings. The molecule has 2 fully saturated rings. The summed E-state index contributed by atoms with van der Waals surface area (Å²) in [5.41, 5.74) is 0.819. The summed E-state index contributed by atoms with van der Waals surface area (Å²) in [4.78, 5) is 18.4. The minimum Gasteiger partial charge on any atom is -0.494 e. The van der Waals surface area contributed by atoms with Crippen molar-refractivity contribution in [3.8, 4) is 5.75 Å². The third kappa shape index (κ3) is 2.83. The fraction of sp³-hybridized carbons (Fsp3) is 0.562. The van der Waals surface area contributed by atoms with Gasteiger partial charge >= 0.3 is 0 Å². The molecular formula is C16H22N6O2. The van der Waals surface area contributed by atoms with Gasteiger partial charge in [0.15, 0.2) is 0 Å². The zero-order valence-corrected chi connectivity index (χ0v) is 13.9. The Hall–Kier alpha value is -2.19. The van der Waals surface area contributed by atoms with E-state index < -0.39 is 0 Å². The number of nitrogens with one attached hydrogen (secondary N) is 1. The summed E-state index contributed by atoms with van der Waals surface area (Å²) in [6, 6.07) is 0. The molecule has 8 nitrogen and oxygen atoms in total. The molecule has 0 radical (unpaired) electrons. The summed E-state index contributed by atoms with van der Waals surface area (Å²) in [5.74, 6) is 2.39. The van der Waals surface area contributed by atoms with Crippen LogP contribution >= 0.6 is 0 Å². The molecule has 24 heavy (non-hydrogen) atoms. The standard InChI is InChI=1S/C16H22N6O2/c1-23-13-11-18-10-12-14(13)15(21-4-2-17-3-5-21)20-16(19-12)22-6-8-24-9-7-22/h10-11,17H,2-9H2,1H3. The van der Waals surface area contributed by atoms with Gasteiger partial charge in [-0.1, -0.05) is 0 Å². The highest BCUT2D eigenvalue weighted by atomic mass is 16.5. The maximum Gasteiger partial charge on any atom is 0.228 e. The van der Waals surface area contributed by atoms with Crippen LogP contribution in [0, 0.1) is 0 Å². The van der Waals surface area contributed by atoms with Crippen LogP contribution in [-0.4, -0.2) is 74.5 Å². The first-order valence-electron chi connectivity index (χ1n) is 8.35. The zero-order chi connectivity index (χ0) is 16.4. The minimum atomic E-state index is 0.709. The van der Waals surface area contributed by atoms with Gasteiger partial charge in [-0.3, -0.25) is 4.98 Å². The van der Waals surface area contributed by atoms with Crippen molar-refractivity contribution in [3.63, 3.8) is 0 Å². The van der Waals surface area contributed by atoms with Crippen LogP contribution in [-0.2, 0) is 4.74 Å². The van der Waals surface area contributed by atoms with Gasteiger partial charge in [-0.15, -0.1) is 0 Å². The highest BCUT2D eigenvalue weighted by molar-refractivity contribution is 5.95. The molecule has 0 unspecified atom stereocenters. The van der Waals surface area contributed by atoms with Crippen LogP contribution in [0.3, 0.4) is 0 Å². The van der Waals surface area contributed by atoms with Crippen LogP contribution in [0.25, 0.3) is 10.9 Å². The topological polar surface area (TPSA) is 75.6 Å². The van der Waals surface area contributed by atoms with E-state index in [1.54, 1.807) is 19.5 Å². The molecule has 2 aliphatic heterocycles. The van der Waals surface area contributed by atoms with E-state index in [9.17, 15) is 0 Å². The monoisotopic (exact) mass is 330 g/mol. The Morgan fingerprint density at radius 2 is 1.83 bits per heavy atom. The van der Waals surface area contributed by atoms with E-state index in [0.717, 1.165) is 67.7 Å². The number of morpholine rings is 1. The lowest BCUT2D eigenvalue weighted by atomic mass is 10.2. The molecule has 4 rings (SSSR count). The van der Waals surface area contributed by atoms with Crippen molar-refractivity contribution in [2.24, 2.45) is 0 Å². The number of nitrogens with zero attached hydrogens (tertiary/aromatic N) is 5. The molecule has 0 saturated carbocycles. The van der Waals surface area contributed by atoms with E-state index in [1.807, 2.05) is 0 Å². The summed E-state index contributed by atoms with van der Waals surface area (Å²) < 4.78 is 11.0. The first-order valence-corrected chi connectivity index (χ1v) is 8.35. The lowest BCUT2D eigenvalue weighted by molar-refractivity contribution is 0.122. The van der Waals surface area contributed by atoms with Gasteiger partial charge < -0.3 is 24.6 Å². The first kappa shape index (κ1) is 15.3. The molecule has 1 N–H and O–H groups in total. The molecule has 0 bridgehead atoms. The molecule has 2 aromatic heterocycles. The van der Waals surface area contributed by atoms with E-state index in [-0.39, 0.29) is 0 Å². The van der Waals surface area contributed by atoms with Gasteiger partial charge in [-0.25, -0.2) is 4.98 Å². The van der Waals surface area contributed by atoms with E-state index in [4.69, 9.17) is 19.4 Å². The van der Waals surface area contributed by atoms with Gasteiger partial charge in [-0.2, -0.15) is 4.98 Å². The van der Waals surface area contributed by atoms with Gasteiger partial charge in [0.05, 0.1) is 38.1 Å². The molecule has 2 aromatic rings. The van der Waals surface area contributed by atoms with Crippen LogP contribution in [0.4, 0.5) is 11.8 Å². The van der Waals surface area contributed by atoms with Crippen molar-refractivity contribution in [1.29, 1.82) is 0 Å². The van der Waals surface area contributed by atoms with Crippen molar-refractivity contribution >= 4 is 22.7 Å². The van der Waals surface area contributed by atoms with Crippen molar-refractivity contribution in [2.45, 2.75) is 0 Å². The Morgan fingerprint density at radius 3 is 2.58 bits per heavy atom. The van der Waals surface area contributed by atoms with Crippen LogP contribution in [0.5, 0.6) is 5.75 Å². The molecule has 8 heteroatoms. The number of aromatic nitrogens is 3. The van der Waals surface area contributed by atoms with E-state index >= 15 is 0 Å². The zero-order valence-electron chi connectivity index (χ0n) is 13.9. The minimum absolute atomic E-state index is 0.709. The Labute approximate surface area is 140 Å². The summed E-state index contributed by atoms with van der Waals surface area (Å²) in [7, 11) is 1.66. The molecule has 0 aliphatic carbocycles. The second-order valence-electron chi connectivity index (χ2n) is 5.92. The third-order valence-electron chi connectivity index (χ3n) is 4.47. The second-order valence-corrected chi connectivity index (χ2v) is 5.92. The number of hydrogen-bond acceptors (Lipinski definition) is 8. The normalized spacial score (nSPS) is 18.9. The number of anilines is 2. The van der Waals surface area contributed by atoms with Crippen LogP contribution < -0.4 is 19.9 Å². The number of rotatable bonds is 3. The van der Waals surface area contributed by atoms with E-state index in [1.165, 1.54) is 0 Å². The molecule has 0 amide bonds. The van der Waals surface area contributed by atoms with Gasteiger partial charge in [0.1, 0.15) is 17.1 Å². The van der Waals surface area contributed by atoms with Crippen molar-refractivity contribution < 1.29 is 9.47 Å². The number of fused-ring (bicyclic) bond motifs is 1. The van der Waals surface area contributed by atoms with Crippen LogP contribution in [0.15, 0.2) is 12.4 Å². The Kier molecular flexibility index (Phi) is 4.31. The summed E-state index contributed by atoms with van der Waals surface area (Å²) in [6.07, 6.45) is 3.51. The van der Waals surface area contributed by atoms with Crippen molar-refractivity contribution in [2.75, 3.05) is 69.4 Å². The molecule has 0 atom stereocenters. The highest BCUT2D eigenvalue weighted by Gasteiger charge is 2.22. The average Bonchev–Trinajstić information content (AvgIpc) is 2.68. The molecule has 2 saturated heterocycles. The largest absolute Gasteiger partial charge is 0.494 e. The van der Waals surface area contributed by atoms with E-state index in [2.05, 4.69) is 20.1 Å². The third-order valence-corrected chi connectivity index (χ3v) is 4.47. The van der Waals surface area contributed by atoms with Gasteiger partial charge in [0.25, 0.3) is 0 Å². The van der Waals surface area contributed by atoms with Crippen molar-refractivity contribution in [1.82, 2.24) is 20.3 Å². The predicted molar refractivity (Wildman–Crippen MR) is 92.0 cm³/mol. The SMILES string of the molecule is COc1cncc2nc(N3CCOCC3)nc(N3CCNCC3)c12. The maximum absolute atomic E-state index is 5.53.